The molecule has 0 amide bonds. The highest BCUT2D eigenvalue weighted by Gasteiger charge is 2.22. The Balaban J connectivity index is 1.41. The van der Waals surface area contributed by atoms with Gasteiger partial charge in [-0.25, -0.2) is 9.97 Å². The van der Waals surface area contributed by atoms with E-state index in [0.29, 0.717) is 0 Å². The highest BCUT2D eigenvalue weighted by Crippen LogP contribution is 2.46. The number of rotatable bonds is 4. The van der Waals surface area contributed by atoms with Gasteiger partial charge in [-0.15, -0.1) is 11.3 Å². The molecule has 0 atom stereocenters. The van der Waals surface area contributed by atoms with Crippen molar-refractivity contribution in [2.45, 2.75) is 0 Å². The third kappa shape index (κ3) is 3.96. The van der Waals surface area contributed by atoms with Gasteiger partial charge in [0.25, 0.3) is 0 Å². The first kappa shape index (κ1) is 25.0. The number of benzene rings is 6. The van der Waals surface area contributed by atoms with Crippen LogP contribution in [0.5, 0.6) is 0 Å². The van der Waals surface area contributed by atoms with Crippen LogP contribution in [0.2, 0.25) is 0 Å². The van der Waals surface area contributed by atoms with Gasteiger partial charge in [0.05, 0.1) is 15.9 Å². The largest absolute Gasteiger partial charge is 0.455 e. The zero-order valence-corrected chi connectivity index (χ0v) is 24.4. The predicted octanol–water partition coefficient (Wildman–Crippen LogP) is 11.4. The maximum atomic E-state index is 6.74. The van der Waals surface area contributed by atoms with Crippen LogP contribution in [0.1, 0.15) is 0 Å². The standard InChI is InChI=1S/C40H24N2OS/c1-4-13-25(14-5-1)28-23-31(26-15-6-2-7-16-26)38-32(24-28)35-30(20-12-21-33(35)43-38)37-39-36(29-19-10-11-22-34(29)44-39)41-40(42-37)27-17-8-3-9-18-27/h1-24H. The topological polar surface area (TPSA) is 38.9 Å². The van der Waals surface area contributed by atoms with Gasteiger partial charge in [0.1, 0.15) is 11.2 Å². The fourth-order valence-electron chi connectivity index (χ4n) is 6.25. The van der Waals surface area contributed by atoms with Crippen LogP contribution in [0.3, 0.4) is 0 Å². The van der Waals surface area contributed by atoms with Crippen LogP contribution in [-0.4, -0.2) is 9.97 Å². The van der Waals surface area contributed by atoms with Crippen LogP contribution in [0.4, 0.5) is 0 Å². The lowest BCUT2D eigenvalue weighted by molar-refractivity contribution is 0.670. The molecule has 0 bridgehead atoms. The number of hydrogen-bond acceptors (Lipinski definition) is 4. The van der Waals surface area contributed by atoms with Crippen LogP contribution in [0.25, 0.3) is 87.1 Å². The van der Waals surface area contributed by atoms with Crippen molar-refractivity contribution in [3.63, 3.8) is 0 Å². The van der Waals surface area contributed by atoms with Gasteiger partial charge in [0, 0.05) is 37.5 Å². The van der Waals surface area contributed by atoms with Crippen molar-refractivity contribution in [1.82, 2.24) is 9.97 Å². The summed E-state index contributed by atoms with van der Waals surface area (Å²) in [4.78, 5) is 10.4. The van der Waals surface area contributed by atoms with E-state index in [2.05, 4.69) is 121 Å². The highest BCUT2D eigenvalue weighted by atomic mass is 32.1. The first-order valence-corrected chi connectivity index (χ1v) is 15.5. The molecule has 0 N–H and O–H groups in total. The fourth-order valence-corrected chi connectivity index (χ4v) is 7.39. The Morgan fingerprint density at radius 3 is 1.95 bits per heavy atom. The maximum absolute atomic E-state index is 6.74. The van der Waals surface area contributed by atoms with Gasteiger partial charge in [-0.05, 0) is 41.0 Å². The van der Waals surface area contributed by atoms with Gasteiger partial charge in [0.2, 0.25) is 0 Å². The zero-order chi connectivity index (χ0) is 29.0. The molecule has 0 radical (unpaired) electrons. The molecule has 9 aromatic rings. The maximum Gasteiger partial charge on any atom is 0.160 e. The monoisotopic (exact) mass is 580 g/mol. The van der Waals surface area contributed by atoms with Crippen LogP contribution in [0, 0.1) is 0 Å². The lowest BCUT2D eigenvalue weighted by Crippen LogP contribution is -1.94. The van der Waals surface area contributed by atoms with E-state index >= 15 is 0 Å². The van der Waals surface area contributed by atoms with E-state index in [1.165, 1.54) is 10.3 Å². The Morgan fingerprint density at radius 2 is 1.18 bits per heavy atom. The van der Waals surface area contributed by atoms with E-state index in [9.17, 15) is 0 Å². The van der Waals surface area contributed by atoms with Crippen LogP contribution < -0.4 is 0 Å². The number of hydrogen-bond donors (Lipinski definition) is 0. The summed E-state index contributed by atoms with van der Waals surface area (Å²) < 4.78 is 9.02. The average Bonchev–Trinajstić information content (AvgIpc) is 3.67. The van der Waals surface area contributed by atoms with E-state index in [1.54, 1.807) is 11.3 Å². The third-order valence-corrected chi connectivity index (χ3v) is 9.46. The Morgan fingerprint density at radius 1 is 0.500 bits per heavy atom. The minimum Gasteiger partial charge on any atom is -0.455 e. The van der Waals surface area contributed by atoms with E-state index in [-0.39, 0.29) is 0 Å². The molecule has 44 heavy (non-hydrogen) atoms. The van der Waals surface area contributed by atoms with Crippen molar-refractivity contribution in [1.29, 1.82) is 0 Å². The molecule has 0 spiro atoms. The number of furan rings is 1. The molecule has 6 aromatic carbocycles. The molecule has 9 rings (SSSR count). The molecule has 0 aliphatic heterocycles. The van der Waals surface area contributed by atoms with Crippen LogP contribution >= 0.6 is 11.3 Å². The molecule has 0 saturated heterocycles. The van der Waals surface area contributed by atoms with Gasteiger partial charge in [0.15, 0.2) is 5.82 Å². The van der Waals surface area contributed by atoms with Crippen molar-refractivity contribution in [2.75, 3.05) is 0 Å². The molecule has 0 aliphatic rings. The second kappa shape index (κ2) is 10.0. The van der Waals surface area contributed by atoms with Gasteiger partial charge >= 0.3 is 0 Å². The first-order chi connectivity index (χ1) is 21.8. The Labute approximate surface area is 257 Å². The van der Waals surface area contributed by atoms with Gasteiger partial charge in [-0.2, -0.15) is 0 Å². The summed E-state index contributed by atoms with van der Waals surface area (Å²) >= 11 is 1.75. The number of nitrogens with zero attached hydrogens (tertiary/aromatic N) is 2. The molecule has 206 valence electrons. The zero-order valence-electron chi connectivity index (χ0n) is 23.6. The van der Waals surface area contributed by atoms with Gasteiger partial charge in [-0.3, -0.25) is 0 Å². The predicted molar refractivity (Wildman–Crippen MR) is 184 cm³/mol. The molecule has 3 aromatic heterocycles. The Bertz CT molecular complexity index is 2480. The van der Waals surface area contributed by atoms with E-state index in [0.717, 1.165) is 76.9 Å². The van der Waals surface area contributed by atoms with E-state index in [4.69, 9.17) is 14.4 Å². The minimum absolute atomic E-state index is 0.719. The summed E-state index contributed by atoms with van der Waals surface area (Å²) in [6.07, 6.45) is 0. The van der Waals surface area contributed by atoms with Crippen molar-refractivity contribution in [2.24, 2.45) is 0 Å². The van der Waals surface area contributed by atoms with Crippen molar-refractivity contribution < 1.29 is 4.42 Å². The molecule has 0 unspecified atom stereocenters. The van der Waals surface area contributed by atoms with Crippen molar-refractivity contribution in [3.8, 4) is 44.9 Å². The number of thiophene rings is 1. The van der Waals surface area contributed by atoms with Crippen molar-refractivity contribution in [3.05, 3.63) is 146 Å². The summed E-state index contributed by atoms with van der Waals surface area (Å²) in [5.41, 5.74) is 10.2. The van der Waals surface area contributed by atoms with Crippen LogP contribution in [0.15, 0.2) is 150 Å². The van der Waals surface area contributed by atoms with Crippen molar-refractivity contribution >= 4 is 53.6 Å². The summed E-state index contributed by atoms with van der Waals surface area (Å²) in [5.74, 6) is 0.719. The molecule has 3 nitrogen and oxygen atoms in total. The SMILES string of the molecule is c1ccc(-c2cc(-c3ccccc3)c3oc4cccc(-c5nc(-c6ccccc6)nc6c5sc5ccccc56)c4c3c2)cc1. The normalized spacial score (nSPS) is 11.6. The summed E-state index contributed by atoms with van der Waals surface area (Å²) in [6, 6.07) is 50.6. The fraction of sp³-hybridized carbons (Fsp3) is 0. The number of aromatic nitrogens is 2. The molecule has 0 saturated carbocycles. The Hall–Kier alpha value is -5.58. The highest BCUT2D eigenvalue weighted by molar-refractivity contribution is 7.26. The second-order valence-corrected chi connectivity index (χ2v) is 12.0. The quantitative estimate of drug-likeness (QED) is 0.208. The molecular formula is C40H24N2OS. The minimum atomic E-state index is 0.719. The lowest BCUT2D eigenvalue weighted by atomic mass is 9.94. The first-order valence-electron chi connectivity index (χ1n) is 14.7. The number of fused-ring (bicyclic) bond motifs is 6. The van der Waals surface area contributed by atoms with E-state index < -0.39 is 0 Å². The summed E-state index contributed by atoms with van der Waals surface area (Å²) in [7, 11) is 0. The summed E-state index contributed by atoms with van der Waals surface area (Å²) in [6.45, 7) is 0. The molecule has 3 heterocycles. The Kier molecular flexibility index (Phi) is 5.68. The molecule has 0 fully saturated rings. The smallest absolute Gasteiger partial charge is 0.160 e. The average molecular weight is 581 g/mol. The van der Waals surface area contributed by atoms with Gasteiger partial charge in [-0.1, -0.05) is 121 Å². The van der Waals surface area contributed by atoms with Crippen LogP contribution in [-0.2, 0) is 0 Å². The molecule has 4 heteroatoms. The van der Waals surface area contributed by atoms with E-state index in [1.807, 2.05) is 24.3 Å². The third-order valence-electron chi connectivity index (χ3n) is 8.30. The summed E-state index contributed by atoms with van der Waals surface area (Å²) in [5, 5.41) is 3.29. The molecular weight excluding hydrogens is 557 g/mol. The second-order valence-electron chi connectivity index (χ2n) is 11.0. The molecule has 0 aliphatic carbocycles. The lowest BCUT2D eigenvalue weighted by Gasteiger charge is -2.10. The van der Waals surface area contributed by atoms with Gasteiger partial charge < -0.3 is 4.42 Å².